The summed E-state index contributed by atoms with van der Waals surface area (Å²) in [4.78, 5) is 4.59. The third-order valence-corrected chi connectivity index (χ3v) is 4.20. The molecule has 0 aliphatic carbocycles. The summed E-state index contributed by atoms with van der Waals surface area (Å²) in [6, 6.07) is 3.59. The average molecular weight is 345 g/mol. The third-order valence-electron chi connectivity index (χ3n) is 3.29. The minimum atomic E-state index is 0.490. The Labute approximate surface area is 136 Å². The lowest BCUT2D eigenvalue weighted by atomic mass is 10.3. The third kappa shape index (κ3) is 2.73. The Morgan fingerprint density at radius 1 is 1.14 bits per heavy atom. The molecule has 110 valence electrons. The smallest absolute Gasteiger partial charge is 0.152 e. The van der Waals surface area contributed by atoms with Crippen LogP contribution in [0.1, 0.15) is 11.6 Å². The highest BCUT2D eigenvalue weighted by molar-refractivity contribution is 6.42. The van der Waals surface area contributed by atoms with Crippen molar-refractivity contribution >= 4 is 45.8 Å². The number of fused-ring (bicyclic) bond motifs is 1. The first kappa shape index (κ1) is 14.6. The van der Waals surface area contributed by atoms with Crippen LogP contribution >= 0.6 is 34.8 Å². The number of hydrogen-bond donors (Lipinski definition) is 0. The molecular formula is C13H12Cl3N5. The van der Waals surface area contributed by atoms with Crippen LogP contribution in [-0.2, 0) is 20.0 Å². The van der Waals surface area contributed by atoms with E-state index in [1.54, 1.807) is 12.4 Å². The lowest BCUT2D eigenvalue weighted by Crippen LogP contribution is -2.09. The van der Waals surface area contributed by atoms with Crippen LogP contribution < -0.4 is 0 Å². The Bertz CT molecular complexity index is 793. The van der Waals surface area contributed by atoms with E-state index in [4.69, 9.17) is 34.8 Å². The fourth-order valence-electron chi connectivity index (χ4n) is 2.21. The molecule has 0 amide bonds. The zero-order valence-electron chi connectivity index (χ0n) is 11.2. The molecule has 0 atom stereocenters. The molecule has 0 radical (unpaired) electrons. The first-order valence-corrected chi connectivity index (χ1v) is 7.62. The molecule has 2 aromatic heterocycles. The molecule has 0 saturated heterocycles. The van der Waals surface area contributed by atoms with Crippen LogP contribution in [0.25, 0.3) is 11.0 Å². The number of aromatic nitrogens is 5. The van der Waals surface area contributed by atoms with Gasteiger partial charge in [-0.2, -0.15) is 0 Å². The van der Waals surface area contributed by atoms with Gasteiger partial charge in [0.2, 0.25) is 0 Å². The summed E-state index contributed by atoms with van der Waals surface area (Å²) in [6.45, 7) is 0.553. The van der Waals surface area contributed by atoms with E-state index >= 15 is 0 Å². The summed E-state index contributed by atoms with van der Waals surface area (Å²) in [5, 5.41) is 9.00. The van der Waals surface area contributed by atoms with Crippen LogP contribution in [0, 0.1) is 0 Å². The number of hydrogen-bond acceptors (Lipinski definition) is 3. The Hall–Kier alpha value is -1.30. The topological polar surface area (TPSA) is 48.5 Å². The zero-order valence-corrected chi connectivity index (χ0v) is 13.5. The van der Waals surface area contributed by atoms with Crippen LogP contribution in [-0.4, -0.2) is 30.2 Å². The van der Waals surface area contributed by atoms with E-state index in [2.05, 4.69) is 15.2 Å². The molecule has 1 aromatic carbocycles. The van der Waals surface area contributed by atoms with Gasteiger partial charge in [0, 0.05) is 19.3 Å². The molecule has 3 rings (SSSR count). The molecule has 0 aliphatic heterocycles. The van der Waals surface area contributed by atoms with Gasteiger partial charge in [0.15, 0.2) is 5.82 Å². The molecule has 0 unspecified atom stereocenters. The predicted octanol–water partition coefficient (Wildman–Crippen LogP) is 3.30. The van der Waals surface area contributed by atoms with Crippen molar-refractivity contribution in [3.8, 4) is 0 Å². The molecule has 21 heavy (non-hydrogen) atoms. The summed E-state index contributed by atoms with van der Waals surface area (Å²) >= 11 is 18.1. The molecule has 5 nitrogen and oxygen atoms in total. The second-order valence-corrected chi connectivity index (χ2v) is 5.86. The van der Waals surface area contributed by atoms with E-state index in [1.807, 2.05) is 22.2 Å². The quantitative estimate of drug-likeness (QED) is 0.682. The van der Waals surface area contributed by atoms with Gasteiger partial charge < -0.3 is 9.13 Å². The van der Waals surface area contributed by atoms with E-state index in [9.17, 15) is 0 Å². The van der Waals surface area contributed by atoms with E-state index < -0.39 is 0 Å². The molecule has 8 heteroatoms. The van der Waals surface area contributed by atoms with Gasteiger partial charge in [-0.05, 0) is 12.1 Å². The minimum absolute atomic E-state index is 0.490. The van der Waals surface area contributed by atoms with Gasteiger partial charge in [-0.15, -0.1) is 21.8 Å². The van der Waals surface area contributed by atoms with Crippen LogP contribution in [0.5, 0.6) is 0 Å². The largest absolute Gasteiger partial charge is 0.320 e. The van der Waals surface area contributed by atoms with Crippen molar-refractivity contribution < 1.29 is 0 Å². The number of imidazole rings is 1. The van der Waals surface area contributed by atoms with Crippen molar-refractivity contribution in [2.24, 2.45) is 7.05 Å². The summed E-state index contributed by atoms with van der Waals surface area (Å²) in [5.41, 5.74) is 1.71. The van der Waals surface area contributed by atoms with E-state index in [-0.39, 0.29) is 0 Å². The molecule has 0 N–H and O–H groups in total. The van der Waals surface area contributed by atoms with Crippen molar-refractivity contribution in [2.75, 3.05) is 5.88 Å². The average Bonchev–Trinajstić information content (AvgIpc) is 2.98. The van der Waals surface area contributed by atoms with Crippen LogP contribution in [0.15, 0.2) is 18.5 Å². The van der Waals surface area contributed by atoms with Gasteiger partial charge in [0.05, 0.1) is 27.6 Å². The first-order valence-electron chi connectivity index (χ1n) is 6.33. The van der Waals surface area contributed by atoms with Gasteiger partial charge in [-0.1, -0.05) is 23.2 Å². The van der Waals surface area contributed by atoms with Gasteiger partial charge in [0.25, 0.3) is 0 Å². The summed E-state index contributed by atoms with van der Waals surface area (Å²) in [5.74, 6) is 2.20. The van der Waals surface area contributed by atoms with Gasteiger partial charge >= 0.3 is 0 Å². The Kier molecular flexibility index (Phi) is 4.06. The molecule has 2 heterocycles. The minimum Gasteiger partial charge on any atom is -0.320 e. The van der Waals surface area contributed by atoms with Gasteiger partial charge in [-0.3, -0.25) is 0 Å². The lowest BCUT2D eigenvalue weighted by Gasteiger charge is -2.08. The monoisotopic (exact) mass is 343 g/mol. The Morgan fingerprint density at radius 3 is 2.57 bits per heavy atom. The first-order chi connectivity index (χ1) is 10.1. The number of rotatable bonds is 4. The number of nitrogens with zero attached hydrogens (tertiary/aromatic N) is 5. The fraction of sp³-hybridized carbons (Fsp3) is 0.308. The van der Waals surface area contributed by atoms with Crippen molar-refractivity contribution in [1.29, 1.82) is 0 Å². The molecule has 0 saturated carbocycles. The summed E-state index contributed by atoms with van der Waals surface area (Å²) in [6.07, 6.45) is 2.32. The normalized spacial score (nSPS) is 11.4. The Morgan fingerprint density at radius 2 is 1.90 bits per heavy atom. The maximum absolute atomic E-state index is 6.13. The summed E-state index contributed by atoms with van der Waals surface area (Å²) in [7, 11) is 1.90. The molecular weight excluding hydrogens is 333 g/mol. The highest BCUT2D eigenvalue weighted by Gasteiger charge is 2.14. The number of halogens is 3. The van der Waals surface area contributed by atoms with E-state index in [0.29, 0.717) is 28.9 Å². The lowest BCUT2D eigenvalue weighted by molar-refractivity contribution is 0.680. The van der Waals surface area contributed by atoms with Crippen molar-refractivity contribution in [2.45, 2.75) is 13.0 Å². The van der Waals surface area contributed by atoms with E-state index in [0.717, 1.165) is 22.7 Å². The zero-order chi connectivity index (χ0) is 15.0. The molecule has 0 bridgehead atoms. The van der Waals surface area contributed by atoms with Crippen LogP contribution in [0.4, 0.5) is 0 Å². The van der Waals surface area contributed by atoms with Gasteiger partial charge in [0.1, 0.15) is 12.2 Å². The molecule has 3 aromatic rings. The molecule has 0 fully saturated rings. The second-order valence-electron chi connectivity index (χ2n) is 4.67. The number of alkyl halides is 1. The molecule has 0 spiro atoms. The summed E-state index contributed by atoms with van der Waals surface area (Å²) < 4.78 is 3.91. The predicted molar refractivity (Wildman–Crippen MR) is 84.3 cm³/mol. The van der Waals surface area contributed by atoms with Crippen LogP contribution in [0.2, 0.25) is 10.0 Å². The fourth-order valence-corrected chi connectivity index (χ4v) is 2.70. The molecule has 0 aliphatic rings. The highest BCUT2D eigenvalue weighted by Crippen LogP contribution is 2.29. The Balaban J connectivity index is 2.15. The van der Waals surface area contributed by atoms with Crippen molar-refractivity contribution in [1.82, 2.24) is 24.3 Å². The maximum atomic E-state index is 6.13. The van der Waals surface area contributed by atoms with E-state index in [1.165, 1.54) is 0 Å². The second kappa shape index (κ2) is 5.83. The van der Waals surface area contributed by atoms with Crippen molar-refractivity contribution in [3.05, 3.63) is 40.2 Å². The highest BCUT2D eigenvalue weighted by atomic mass is 35.5. The number of benzene rings is 1. The van der Waals surface area contributed by atoms with Crippen LogP contribution in [0.3, 0.4) is 0 Å². The van der Waals surface area contributed by atoms with Crippen molar-refractivity contribution in [3.63, 3.8) is 0 Å². The number of aryl methyl sites for hydroxylation is 2. The SMILES string of the molecule is Cn1cnnc1Cn1c(CCCl)nc2cc(Cl)c(Cl)cc21. The standard InChI is InChI=1S/C13H12Cl3N5/c1-20-7-17-19-13(20)6-21-11-5-9(16)8(15)4-10(11)18-12(21)2-3-14/h4-5,7H,2-3,6H2,1H3. The van der Waals surface area contributed by atoms with Gasteiger partial charge in [-0.25, -0.2) is 4.98 Å². The maximum Gasteiger partial charge on any atom is 0.152 e.